The van der Waals surface area contributed by atoms with Gasteiger partial charge in [0.15, 0.2) is 0 Å². The maximum Gasteiger partial charge on any atom is 0.339 e. The van der Waals surface area contributed by atoms with Gasteiger partial charge in [0.05, 0.1) is 11.1 Å². The molecule has 4 nitrogen and oxygen atoms in total. The Morgan fingerprint density at radius 1 is 0.839 bits per heavy atom. The smallest absolute Gasteiger partial charge is 0.339 e. The van der Waals surface area contributed by atoms with Crippen molar-refractivity contribution in [2.45, 2.75) is 32.3 Å². The highest BCUT2D eigenvalue weighted by Crippen LogP contribution is 2.30. The van der Waals surface area contributed by atoms with Gasteiger partial charge in [0.25, 0.3) is 0 Å². The predicted molar refractivity (Wildman–Crippen MR) is 120 cm³/mol. The van der Waals surface area contributed by atoms with Crippen LogP contribution >= 0.6 is 0 Å². The van der Waals surface area contributed by atoms with Crippen molar-refractivity contribution in [3.8, 4) is 11.5 Å². The fourth-order valence-electron chi connectivity index (χ4n) is 4.15. The number of nitrogens with zero attached hydrogens (tertiary/aromatic N) is 1. The average Bonchev–Trinajstić information content (AvgIpc) is 2.82. The van der Waals surface area contributed by atoms with Crippen LogP contribution in [0.25, 0.3) is 10.9 Å². The summed E-state index contributed by atoms with van der Waals surface area (Å²) in [7, 11) is 0. The van der Waals surface area contributed by atoms with Crippen molar-refractivity contribution >= 4 is 16.9 Å². The van der Waals surface area contributed by atoms with E-state index in [4.69, 9.17) is 14.5 Å². The Kier molecular flexibility index (Phi) is 5.36. The third-order valence-electron chi connectivity index (χ3n) is 5.62. The van der Waals surface area contributed by atoms with Gasteiger partial charge in [0.2, 0.25) is 0 Å². The van der Waals surface area contributed by atoms with Crippen molar-refractivity contribution in [2.75, 3.05) is 0 Å². The lowest BCUT2D eigenvalue weighted by molar-refractivity contribution is 0.0473. The van der Waals surface area contributed by atoms with Crippen molar-refractivity contribution < 1.29 is 14.3 Å². The second-order valence-corrected chi connectivity index (χ2v) is 7.77. The molecular weight excluding hydrogens is 386 g/mol. The summed E-state index contributed by atoms with van der Waals surface area (Å²) in [6.07, 6.45) is 3.98. The molecule has 154 valence electrons. The van der Waals surface area contributed by atoms with Crippen molar-refractivity contribution in [1.82, 2.24) is 4.98 Å². The summed E-state index contributed by atoms with van der Waals surface area (Å²) >= 11 is 0. The van der Waals surface area contributed by atoms with Crippen LogP contribution in [0.2, 0.25) is 0 Å². The molecule has 1 aromatic heterocycles. The van der Waals surface area contributed by atoms with Gasteiger partial charge in [-0.3, -0.25) is 4.98 Å². The largest absolute Gasteiger partial charge is 0.457 e. The maximum atomic E-state index is 13.2. The molecule has 4 heteroatoms. The molecule has 0 aliphatic heterocycles. The summed E-state index contributed by atoms with van der Waals surface area (Å²) < 4.78 is 11.7. The van der Waals surface area contributed by atoms with Gasteiger partial charge in [-0.05, 0) is 67.1 Å². The van der Waals surface area contributed by atoms with Crippen LogP contribution in [-0.4, -0.2) is 11.0 Å². The molecule has 4 aromatic rings. The molecule has 0 saturated heterocycles. The van der Waals surface area contributed by atoms with Crippen LogP contribution in [0.4, 0.5) is 0 Å². The molecule has 0 saturated carbocycles. The number of carbonyl (C=O) groups excluding carboxylic acids is 1. The van der Waals surface area contributed by atoms with Crippen molar-refractivity contribution in [3.63, 3.8) is 0 Å². The third-order valence-corrected chi connectivity index (χ3v) is 5.62. The third kappa shape index (κ3) is 4.15. The lowest BCUT2D eigenvalue weighted by Gasteiger charge is -2.20. The van der Waals surface area contributed by atoms with Crippen LogP contribution in [0.3, 0.4) is 0 Å². The zero-order chi connectivity index (χ0) is 21.0. The summed E-state index contributed by atoms with van der Waals surface area (Å²) in [5, 5.41) is 0.870. The quantitative estimate of drug-likeness (QED) is 0.365. The lowest BCUT2D eigenvalue weighted by Crippen LogP contribution is -2.15. The molecule has 0 atom stereocenters. The molecule has 5 rings (SSSR count). The number of benzene rings is 3. The van der Waals surface area contributed by atoms with Crippen LogP contribution in [0.15, 0.2) is 78.9 Å². The first-order chi connectivity index (χ1) is 15.3. The molecule has 0 bridgehead atoms. The Morgan fingerprint density at radius 3 is 2.52 bits per heavy atom. The van der Waals surface area contributed by atoms with E-state index in [9.17, 15) is 4.79 Å². The number of ether oxygens (including phenoxy) is 2. The number of esters is 1. The number of aryl methyl sites for hydroxylation is 1. The lowest BCUT2D eigenvalue weighted by atomic mass is 9.90. The molecule has 0 fully saturated rings. The normalized spacial score (nSPS) is 12.9. The number of aromatic nitrogens is 1. The summed E-state index contributed by atoms with van der Waals surface area (Å²) in [4.78, 5) is 18.0. The predicted octanol–water partition coefficient (Wildman–Crippen LogP) is 6.26. The van der Waals surface area contributed by atoms with E-state index in [2.05, 4.69) is 0 Å². The summed E-state index contributed by atoms with van der Waals surface area (Å²) in [5.41, 5.74) is 4.51. The maximum absolute atomic E-state index is 13.2. The highest BCUT2D eigenvalue weighted by molar-refractivity contribution is 6.05. The van der Waals surface area contributed by atoms with E-state index in [1.54, 1.807) is 0 Å². The van der Waals surface area contributed by atoms with E-state index >= 15 is 0 Å². The zero-order valence-corrected chi connectivity index (χ0v) is 17.2. The van der Waals surface area contributed by atoms with E-state index < -0.39 is 0 Å². The van der Waals surface area contributed by atoms with Crippen molar-refractivity contribution in [1.29, 1.82) is 0 Å². The molecule has 0 unspecified atom stereocenters. The van der Waals surface area contributed by atoms with Crippen molar-refractivity contribution in [2.24, 2.45) is 0 Å². The first-order valence-corrected chi connectivity index (χ1v) is 10.7. The Balaban J connectivity index is 1.38. The van der Waals surface area contributed by atoms with Crippen LogP contribution in [0.5, 0.6) is 11.5 Å². The second kappa shape index (κ2) is 8.60. The fourth-order valence-corrected chi connectivity index (χ4v) is 4.15. The van der Waals surface area contributed by atoms with Crippen LogP contribution < -0.4 is 4.74 Å². The van der Waals surface area contributed by atoms with Crippen molar-refractivity contribution in [3.05, 3.63) is 101 Å². The fraction of sp³-hybridized carbons (Fsp3) is 0.185. The number of para-hydroxylation sites is 2. The Bertz CT molecular complexity index is 1230. The summed E-state index contributed by atoms with van der Waals surface area (Å²) in [5.74, 6) is 1.20. The minimum absolute atomic E-state index is 0.191. The van der Waals surface area contributed by atoms with Crippen LogP contribution in [0.1, 0.15) is 40.0 Å². The summed E-state index contributed by atoms with van der Waals surface area (Å²) in [6, 6.07) is 25.1. The van der Waals surface area contributed by atoms with Crippen LogP contribution in [0, 0.1) is 0 Å². The van der Waals surface area contributed by atoms with Gasteiger partial charge in [-0.2, -0.15) is 0 Å². The second-order valence-electron chi connectivity index (χ2n) is 7.77. The van der Waals surface area contributed by atoms with Gasteiger partial charge >= 0.3 is 5.97 Å². The minimum atomic E-state index is -0.286. The Labute approximate surface area is 181 Å². The SMILES string of the molecule is O=C(OCc1cccc(Oc2ccccc2)c1)c1c2c(nc3ccccc13)CCCC2. The van der Waals surface area contributed by atoms with E-state index in [1.807, 2.05) is 78.9 Å². The zero-order valence-electron chi connectivity index (χ0n) is 17.2. The molecule has 1 heterocycles. The molecule has 0 amide bonds. The summed E-state index contributed by atoms with van der Waals surface area (Å²) in [6.45, 7) is 0.191. The van der Waals surface area contributed by atoms with Crippen LogP contribution in [-0.2, 0) is 24.2 Å². The molecule has 1 aliphatic carbocycles. The first kappa shape index (κ1) is 19.3. The topological polar surface area (TPSA) is 48.4 Å². The van der Waals surface area contributed by atoms with E-state index in [0.717, 1.165) is 59.2 Å². The van der Waals surface area contributed by atoms with Gasteiger partial charge in [-0.15, -0.1) is 0 Å². The number of rotatable bonds is 5. The van der Waals surface area contributed by atoms with Gasteiger partial charge in [-0.25, -0.2) is 4.79 Å². The molecular formula is C27H23NO3. The number of fused-ring (bicyclic) bond motifs is 2. The highest BCUT2D eigenvalue weighted by atomic mass is 16.5. The van der Waals surface area contributed by atoms with E-state index in [1.165, 1.54) is 0 Å². The molecule has 0 radical (unpaired) electrons. The first-order valence-electron chi connectivity index (χ1n) is 10.7. The monoisotopic (exact) mass is 409 g/mol. The molecule has 0 N–H and O–H groups in total. The molecule has 31 heavy (non-hydrogen) atoms. The molecule has 0 spiro atoms. The van der Waals surface area contributed by atoms with Gasteiger partial charge in [-0.1, -0.05) is 48.5 Å². The Hall–Kier alpha value is -3.66. The molecule has 3 aromatic carbocycles. The van der Waals surface area contributed by atoms with E-state index in [-0.39, 0.29) is 12.6 Å². The Morgan fingerprint density at radius 2 is 1.61 bits per heavy atom. The van der Waals surface area contributed by atoms with Gasteiger partial charge in [0, 0.05) is 11.1 Å². The van der Waals surface area contributed by atoms with E-state index in [0.29, 0.717) is 11.3 Å². The highest BCUT2D eigenvalue weighted by Gasteiger charge is 2.23. The van der Waals surface area contributed by atoms with Gasteiger partial charge < -0.3 is 9.47 Å². The average molecular weight is 409 g/mol. The number of hydrogen-bond acceptors (Lipinski definition) is 4. The number of carbonyl (C=O) groups is 1. The minimum Gasteiger partial charge on any atom is -0.457 e. The molecule has 1 aliphatic rings. The van der Waals surface area contributed by atoms with Gasteiger partial charge in [0.1, 0.15) is 18.1 Å². The number of hydrogen-bond donors (Lipinski definition) is 0. The standard InChI is InChI=1S/C27H23NO3/c29-27(26-22-13-4-6-15-24(22)28-25-16-7-5-14-23(25)26)30-18-19-9-8-12-21(17-19)31-20-10-2-1-3-11-20/h1-4,6,8-13,15,17H,5,7,14,16,18H2. The number of pyridine rings is 1.